The zero-order valence-electron chi connectivity index (χ0n) is 12.9. The molecule has 0 saturated heterocycles. The van der Waals surface area contributed by atoms with E-state index < -0.39 is 14.8 Å². The number of anilines is 1. The predicted molar refractivity (Wildman–Crippen MR) is 82.5 cm³/mol. The molecule has 0 unspecified atom stereocenters. The average molecular weight is 315 g/mol. The highest BCUT2D eigenvalue weighted by Gasteiger charge is 2.23. The van der Waals surface area contributed by atoms with Crippen LogP contribution >= 0.6 is 0 Å². The van der Waals surface area contributed by atoms with Crippen molar-refractivity contribution in [1.82, 2.24) is 4.90 Å². The minimum Gasteiger partial charge on any atom is -0.378 e. The minimum absolute atomic E-state index is 0.0633. The molecule has 0 bridgehead atoms. The van der Waals surface area contributed by atoms with Crippen molar-refractivity contribution in [3.8, 4) is 0 Å². The highest BCUT2D eigenvalue weighted by atomic mass is 32.2. The summed E-state index contributed by atoms with van der Waals surface area (Å²) in [6, 6.07) is 3.88. The molecule has 0 saturated carbocycles. The highest BCUT2D eigenvalue weighted by Crippen LogP contribution is 2.28. The summed E-state index contributed by atoms with van der Waals surface area (Å²) in [5.74, 6) is 0. The predicted octanol–water partition coefficient (Wildman–Crippen LogP) is 1.75. The van der Waals surface area contributed by atoms with Gasteiger partial charge in [-0.1, -0.05) is 0 Å². The SMILES string of the molecule is CN(C)C(C)(C)CNc1ccc(S(C)(=O)=O)cc1[N+](=O)[O-]. The Morgan fingerprint density at radius 2 is 1.90 bits per heavy atom. The second-order valence-electron chi connectivity index (χ2n) is 5.77. The maximum absolute atomic E-state index is 11.5. The lowest BCUT2D eigenvalue weighted by atomic mass is 10.0. The van der Waals surface area contributed by atoms with E-state index in [1.807, 2.05) is 32.8 Å². The Bertz CT molecular complexity index is 639. The van der Waals surface area contributed by atoms with Gasteiger partial charge in [0.2, 0.25) is 0 Å². The molecule has 1 aromatic rings. The van der Waals surface area contributed by atoms with E-state index in [0.717, 1.165) is 12.3 Å². The lowest BCUT2D eigenvalue weighted by molar-refractivity contribution is -0.384. The van der Waals surface area contributed by atoms with Gasteiger partial charge in [-0.3, -0.25) is 10.1 Å². The van der Waals surface area contributed by atoms with Crippen LogP contribution in [0.1, 0.15) is 13.8 Å². The summed E-state index contributed by atoms with van der Waals surface area (Å²) >= 11 is 0. The van der Waals surface area contributed by atoms with E-state index in [0.29, 0.717) is 12.2 Å². The Morgan fingerprint density at radius 1 is 1.33 bits per heavy atom. The van der Waals surface area contributed by atoms with Crippen LogP contribution in [-0.4, -0.2) is 50.7 Å². The fraction of sp³-hybridized carbons (Fsp3) is 0.538. The molecule has 0 spiro atoms. The van der Waals surface area contributed by atoms with E-state index in [9.17, 15) is 18.5 Å². The number of hydrogen-bond donors (Lipinski definition) is 1. The topological polar surface area (TPSA) is 92.6 Å². The normalized spacial score (nSPS) is 12.5. The molecule has 1 rings (SSSR count). The van der Waals surface area contributed by atoms with Gasteiger partial charge >= 0.3 is 0 Å². The van der Waals surface area contributed by atoms with Crippen LogP contribution in [0, 0.1) is 10.1 Å². The van der Waals surface area contributed by atoms with Crippen LogP contribution in [0.25, 0.3) is 0 Å². The van der Waals surface area contributed by atoms with Gasteiger partial charge in [0.1, 0.15) is 5.69 Å². The molecule has 1 N–H and O–H groups in total. The lowest BCUT2D eigenvalue weighted by Crippen LogP contribution is -2.44. The van der Waals surface area contributed by atoms with Crippen LogP contribution in [0.5, 0.6) is 0 Å². The van der Waals surface area contributed by atoms with Gasteiger partial charge < -0.3 is 10.2 Å². The molecule has 21 heavy (non-hydrogen) atoms. The van der Waals surface area contributed by atoms with Gasteiger partial charge in [-0.2, -0.15) is 0 Å². The summed E-state index contributed by atoms with van der Waals surface area (Å²) in [6.07, 6.45) is 1.02. The molecular weight excluding hydrogens is 294 g/mol. The molecule has 0 aromatic heterocycles. The van der Waals surface area contributed by atoms with Crippen molar-refractivity contribution < 1.29 is 13.3 Å². The number of rotatable bonds is 6. The maximum atomic E-state index is 11.5. The van der Waals surface area contributed by atoms with Crippen molar-refractivity contribution in [1.29, 1.82) is 0 Å². The van der Waals surface area contributed by atoms with Crippen molar-refractivity contribution >= 4 is 21.2 Å². The zero-order valence-corrected chi connectivity index (χ0v) is 13.7. The Morgan fingerprint density at radius 3 is 2.33 bits per heavy atom. The highest BCUT2D eigenvalue weighted by molar-refractivity contribution is 7.90. The standard InChI is InChI=1S/C13H21N3O4S/c1-13(2,15(3)4)9-14-11-7-6-10(21(5,19)20)8-12(11)16(17)18/h6-8,14H,9H2,1-5H3. The fourth-order valence-electron chi connectivity index (χ4n) is 1.51. The molecule has 0 aliphatic heterocycles. The second-order valence-corrected chi connectivity index (χ2v) is 7.78. The molecule has 7 nitrogen and oxygen atoms in total. The van der Waals surface area contributed by atoms with E-state index in [1.54, 1.807) is 0 Å². The molecule has 0 fully saturated rings. The largest absolute Gasteiger partial charge is 0.378 e. The Labute approximate surface area is 125 Å². The van der Waals surface area contributed by atoms with Gasteiger partial charge in [-0.15, -0.1) is 0 Å². The number of benzene rings is 1. The molecule has 118 valence electrons. The van der Waals surface area contributed by atoms with E-state index in [1.165, 1.54) is 12.1 Å². The third-order valence-corrected chi connectivity index (χ3v) is 4.63. The summed E-state index contributed by atoms with van der Waals surface area (Å²) in [4.78, 5) is 12.5. The number of hydrogen-bond acceptors (Lipinski definition) is 6. The van der Waals surface area contributed by atoms with Crippen molar-refractivity contribution in [3.05, 3.63) is 28.3 Å². The van der Waals surface area contributed by atoms with Gasteiger partial charge in [-0.25, -0.2) is 8.42 Å². The number of nitrogens with one attached hydrogen (secondary N) is 1. The van der Waals surface area contributed by atoms with Crippen molar-refractivity contribution in [2.24, 2.45) is 0 Å². The zero-order chi connectivity index (χ0) is 16.4. The van der Waals surface area contributed by atoms with Crippen molar-refractivity contribution in [3.63, 3.8) is 0 Å². The summed E-state index contributed by atoms with van der Waals surface area (Å²) in [5, 5.41) is 14.1. The summed E-state index contributed by atoms with van der Waals surface area (Å²) in [6.45, 7) is 4.48. The number of nitro benzene ring substituents is 1. The lowest BCUT2D eigenvalue weighted by Gasteiger charge is -2.32. The first-order valence-corrected chi connectivity index (χ1v) is 8.24. The average Bonchev–Trinajstić information content (AvgIpc) is 2.34. The van der Waals surface area contributed by atoms with Crippen LogP contribution in [0.2, 0.25) is 0 Å². The number of sulfone groups is 1. The molecular formula is C13H21N3O4S. The molecule has 0 aliphatic carbocycles. The second kappa shape index (κ2) is 5.98. The maximum Gasteiger partial charge on any atom is 0.293 e. The minimum atomic E-state index is -3.47. The number of nitrogens with zero attached hydrogens (tertiary/aromatic N) is 2. The number of likely N-dealkylation sites (N-methyl/N-ethyl adjacent to an activating group) is 1. The summed E-state index contributed by atoms with van der Waals surface area (Å²) < 4.78 is 23.0. The third kappa shape index (κ3) is 4.40. The van der Waals surface area contributed by atoms with E-state index in [2.05, 4.69) is 5.32 Å². The third-order valence-electron chi connectivity index (χ3n) is 3.52. The Kier molecular flexibility index (Phi) is 4.95. The molecule has 0 amide bonds. The van der Waals surface area contributed by atoms with Crippen LogP contribution < -0.4 is 5.32 Å². The number of nitro groups is 1. The molecule has 1 aromatic carbocycles. The first-order chi connectivity index (χ1) is 9.45. The monoisotopic (exact) mass is 315 g/mol. The van der Waals surface area contributed by atoms with Gasteiger partial charge in [-0.05, 0) is 40.1 Å². The van der Waals surface area contributed by atoms with Crippen LogP contribution in [0.15, 0.2) is 23.1 Å². The molecule has 0 radical (unpaired) electrons. The Hall–Kier alpha value is -1.67. The van der Waals surface area contributed by atoms with Gasteiger partial charge in [0.15, 0.2) is 9.84 Å². The van der Waals surface area contributed by atoms with E-state index in [-0.39, 0.29) is 16.1 Å². The van der Waals surface area contributed by atoms with Crippen LogP contribution in [0.4, 0.5) is 11.4 Å². The quantitative estimate of drug-likeness (QED) is 0.635. The van der Waals surface area contributed by atoms with Gasteiger partial charge in [0.05, 0.1) is 9.82 Å². The Balaban J connectivity index is 3.12. The summed E-state index contributed by atoms with van der Waals surface area (Å²) in [5.41, 5.74) is -0.140. The van der Waals surface area contributed by atoms with Gasteiger partial charge in [0.25, 0.3) is 5.69 Å². The fourth-order valence-corrected chi connectivity index (χ4v) is 2.15. The van der Waals surface area contributed by atoms with Gasteiger partial charge in [0, 0.05) is 24.4 Å². The van der Waals surface area contributed by atoms with Crippen LogP contribution in [-0.2, 0) is 9.84 Å². The first-order valence-electron chi connectivity index (χ1n) is 6.35. The van der Waals surface area contributed by atoms with Crippen LogP contribution in [0.3, 0.4) is 0 Å². The van der Waals surface area contributed by atoms with Crippen molar-refractivity contribution in [2.45, 2.75) is 24.3 Å². The first kappa shape index (κ1) is 17.4. The molecule has 0 heterocycles. The van der Waals surface area contributed by atoms with E-state index in [4.69, 9.17) is 0 Å². The van der Waals surface area contributed by atoms with E-state index >= 15 is 0 Å². The smallest absolute Gasteiger partial charge is 0.293 e. The summed E-state index contributed by atoms with van der Waals surface area (Å²) in [7, 11) is 0.366. The molecule has 0 aliphatic rings. The molecule has 0 atom stereocenters. The molecule has 8 heteroatoms. The van der Waals surface area contributed by atoms with Crippen molar-refractivity contribution in [2.75, 3.05) is 32.2 Å².